The van der Waals surface area contributed by atoms with Crippen LogP contribution in [0.15, 0.2) is 28.7 Å². The Morgan fingerprint density at radius 1 is 1.42 bits per heavy atom. The van der Waals surface area contributed by atoms with Crippen LogP contribution in [0.5, 0.6) is 5.75 Å². The van der Waals surface area contributed by atoms with Crippen LogP contribution in [-0.2, 0) is 0 Å². The maximum atomic E-state index is 5.45. The zero-order valence-corrected chi connectivity index (χ0v) is 8.66. The lowest BCUT2D eigenvalue weighted by atomic mass is 10.2. The number of para-hydroxylation sites is 1. The monoisotopic (exact) mass is 274 g/mol. The molecule has 0 unspecified atom stereocenters. The fourth-order valence-corrected chi connectivity index (χ4v) is 1.72. The Labute approximate surface area is 83.6 Å². The minimum absolute atomic E-state index is 0.787. The van der Waals surface area contributed by atoms with Crippen molar-refractivity contribution in [3.05, 3.63) is 28.0 Å². The molecule has 2 nitrogen and oxygen atoms in total. The molecule has 1 aromatic heterocycles. The largest absolute Gasteiger partial charge is 0.493 e. The van der Waals surface area contributed by atoms with Crippen LogP contribution in [0.3, 0.4) is 0 Å². The van der Waals surface area contributed by atoms with E-state index in [1.54, 1.807) is 7.11 Å². The van der Waals surface area contributed by atoms with Crippen LogP contribution in [0, 0.1) is 3.77 Å². The number of fused-ring (bicyclic) bond motifs is 1. The van der Waals surface area contributed by atoms with Crippen LogP contribution in [0.1, 0.15) is 0 Å². The molecule has 3 heteroatoms. The van der Waals surface area contributed by atoms with E-state index in [4.69, 9.17) is 9.15 Å². The maximum Gasteiger partial charge on any atom is 0.177 e. The molecule has 2 rings (SSSR count). The molecule has 0 aliphatic carbocycles. The second kappa shape index (κ2) is 2.97. The van der Waals surface area contributed by atoms with Gasteiger partial charge in [0, 0.05) is 5.39 Å². The highest BCUT2D eigenvalue weighted by Crippen LogP contribution is 2.28. The topological polar surface area (TPSA) is 22.4 Å². The molecule has 2 aromatic rings. The number of furan rings is 1. The van der Waals surface area contributed by atoms with Gasteiger partial charge < -0.3 is 9.15 Å². The van der Waals surface area contributed by atoms with Crippen molar-refractivity contribution < 1.29 is 9.15 Å². The van der Waals surface area contributed by atoms with Crippen molar-refractivity contribution in [3.63, 3.8) is 0 Å². The molecule has 12 heavy (non-hydrogen) atoms. The van der Waals surface area contributed by atoms with Gasteiger partial charge in [0.15, 0.2) is 15.1 Å². The molecule has 62 valence electrons. The predicted octanol–water partition coefficient (Wildman–Crippen LogP) is 3.05. The Morgan fingerprint density at radius 2 is 2.25 bits per heavy atom. The molecular formula is C9H7IO2. The number of methoxy groups -OCH3 is 1. The lowest BCUT2D eigenvalue weighted by Crippen LogP contribution is -1.81. The Hall–Kier alpha value is -0.710. The highest BCUT2D eigenvalue weighted by molar-refractivity contribution is 14.1. The first-order chi connectivity index (χ1) is 5.81. The summed E-state index contributed by atoms with van der Waals surface area (Å²) in [6.07, 6.45) is 0. The molecule has 0 fully saturated rings. The van der Waals surface area contributed by atoms with Gasteiger partial charge in [0.05, 0.1) is 7.11 Å². The van der Waals surface area contributed by atoms with Crippen LogP contribution in [0.25, 0.3) is 11.0 Å². The number of benzene rings is 1. The van der Waals surface area contributed by atoms with Crippen LogP contribution in [0.2, 0.25) is 0 Å². The molecule has 1 aromatic carbocycles. The third kappa shape index (κ3) is 1.18. The van der Waals surface area contributed by atoms with Gasteiger partial charge in [-0.1, -0.05) is 12.1 Å². The summed E-state index contributed by atoms with van der Waals surface area (Å²) in [5, 5.41) is 1.08. The zero-order chi connectivity index (χ0) is 8.55. The van der Waals surface area contributed by atoms with E-state index in [1.807, 2.05) is 24.3 Å². The average Bonchev–Trinajstić information content (AvgIpc) is 2.44. The molecule has 1 heterocycles. The van der Waals surface area contributed by atoms with E-state index in [-0.39, 0.29) is 0 Å². The molecule has 0 radical (unpaired) electrons. The Balaban J connectivity index is 2.78. The second-order valence-corrected chi connectivity index (χ2v) is 3.49. The Kier molecular flexibility index (Phi) is 1.96. The number of hydrogen-bond acceptors (Lipinski definition) is 2. The molecule has 0 saturated carbocycles. The van der Waals surface area contributed by atoms with Gasteiger partial charge in [-0.25, -0.2) is 0 Å². The summed E-state index contributed by atoms with van der Waals surface area (Å²) in [5.74, 6) is 0.787. The fraction of sp³-hybridized carbons (Fsp3) is 0.111. The first-order valence-corrected chi connectivity index (χ1v) is 4.61. The van der Waals surface area contributed by atoms with E-state index < -0.39 is 0 Å². The summed E-state index contributed by atoms with van der Waals surface area (Å²) >= 11 is 2.14. The van der Waals surface area contributed by atoms with Crippen LogP contribution < -0.4 is 4.74 Å². The second-order valence-electron chi connectivity index (χ2n) is 2.43. The van der Waals surface area contributed by atoms with Crippen LogP contribution in [-0.4, -0.2) is 7.11 Å². The molecule has 0 bridgehead atoms. The molecule has 0 saturated heterocycles. The standard InChI is InChI=1S/C9H7IO2/c1-11-7-4-2-3-6-5-8(10)12-9(6)7/h2-5H,1H3. The summed E-state index contributed by atoms with van der Waals surface area (Å²) in [4.78, 5) is 0. The molecule has 0 N–H and O–H groups in total. The quantitative estimate of drug-likeness (QED) is 0.746. The van der Waals surface area contributed by atoms with Crippen molar-refractivity contribution in [3.8, 4) is 5.75 Å². The van der Waals surface area contributed by atoms with Crippen molar-refractivity contribution >= 4 is 33.6 Å². The minimum Gasteiger partial charge on any atom is -0.493 e. The van der Waals surface area contributed by atoms with Gasteiger partial charge in [-0.3, -0.25) is 0 Å². The van der Waals surface area contributed by atoms with Gasteiger partial charge in [-0.2, -0.15) is 0 Å². The molecule has 0 aliphatic rings. The first-order valence-electron chi connectivity index (χ1n) is 3.53. The molecule has 0 atom stereocenters. The number of ether oxygens (including phenoxy) is 1. The molecule has 0 aliphatic heterocycles. The summed E-state index contributed by atoms with van der Waals surface area (Å²) in [6, 6.07) is 7.83. The SMILES string of the molecule is COc1cccc2cc(I)oc12. The van der Waals surface area contributed by atoms with E-state index in [0.29, 0.717) is 0 Å². The highest BCUT2D eigenvalue weighted by atomic mass is 127. The Morgan fingerprint density at radius 3 is 3.00 bits per heavy atom. The number of rotatable bonds is 1. The van der Waals surface area contributed by atoms with Gasteiger partial charge in [-0.15, -0.1) is 0 Å². The van der Waals surface area contributed by atoms with Crippen molar-refractivity contribution in [1.82, 2.24) is 0 Å². The smallest absolute Gasteiger partial charge is 0.177 e. The fourth-order valence-electron chi connectivity index (χ4n) is 1.17. The van der Waals surface area contributed by atoms with Crippen molar-refractivity contribution in [2.45, 2.75) is 0 Å². The summed E-state index contributed by atoms with van der Waals surface area (Å²) < 4.78 is 11.5. The first kappa shape index (κ1) is 7.91. The third-order valence-corrected chi connectivity index (χ3v) is 2.23. The van der Waals surface area contributed by atoms with Crippen LogP contribution in [0.4, 0.5) is 0 Å². The number of halogens is 1. The van der Waals surface area contributed by atoms with E-state index in [9.17, 15) is 0 Å². The van der Waals surface area contributed by atoms with Gasteiger partial charge in [-0.05, 0) is 34.7 Å². The summed E-state index contributed by atoms with van der Waals surface area (Å²) in [6.45, 7) is 0. The van der Waals surface area contributed by atoms with E-state index >= 15 is 0 Å². The lowest BCUT2D eigenvalue weighted by molar-refractivity contribution is 0.409. The Bertz CT molecular complexity index is 406. The van der Waals surface area contributed by atoms with Gasteiger partial charge in [0.1, 0.15) is 0 Å². The molecule has 0 amide bonds. The normalized spacial score (nSPS) is 10.5. The summed E-state index contributed by atoms with van der Waals surface area (Å²) in [5.41, 5.74) is 0.824. The van der Waals surface area contributed by atoms with Crippen molar-refractivity contribution in [2.75, 3.05) is 7.11 Å². The van der Waals surface area contributed by atoms with Crippen molar-refractivity contribution in [1.29, 1.82) is 0 Å². The number of hydrogen-bond donors (Lipinski definition) is 0. The van der Waals surface area contributed by atoms with E-state index in [2.05, 4.69) is 22.6 Å². The lowest BCUT2D eigenvalue weighted by Gasteiger charge is -1.97. The minimum atomic E-state index is 0.787. The molecular weight excluding hydrogens is 267 g/mol. The van der Waals surface area contributed by atoms with Crippen molar-refractivity contribution in [2.24, 2.45) is 0 Å². The third-order valence-electron chi connectivity index (χ3n) is 1.70. The van der Waals surface area contributed by atoms with Gasteiger partial charge in [0.2, 0.25) is 0 Å². The van der Waals surface area contributed by atoms with Gasteiger partial charge in [0.25, 0.3) is 0 Å². The summed E-state index contributed by atoms with van der Waals surface area (Å²) in [7, 11) is 1.64. The molecule has 0 spiro atoms. The van der Waals surface area contributed by atoms with E-state index in [0.717, 1.165) is 20.5 Å². The van der Waals surface area contributed by atoms with Crippen LogP contribution >= 0.6 is 22.6 Å². The zero-order valence-electron chi connectivity index (χ0n) is 6.50. The highest BCUT2D eigenvalue weighted by Gasteiger charge is 2.05. The predicted molar refractivity (Wildman–Crippen MR) is 55.5 cm³/mol. The maximum absolute atomic E-state index is 5.45. The van der Waals surface area contributed by atoms with E-state index in [1.165, 1.54) is 0 Å². The average molecular weight is 274 g/mol. The van der Waals surface area contributed by atoms with Gasteiger partial charge >= 0.3 is 0 Å².